The lowest BCUT2D eigenvalue weighted by molar-refractivity contribution is 0.0653. The van der Waals surface area contributed by atoms with Gasteiger partial charge in [0.2, 0.25) is 0 Å². The summed E-state index contributed by atoms with van der Waals surface area (Å²) in [4.78, 5) is 0. The molecule has 2 aromatic carbocycles. The highest BCUT2D eigenvalue weighted by Crippen LogP contribution is 2.41. The van der Waals surface area contributed by atoms with E-state index in [1.54, 1.807) is 12.1 Å². The predicted octanol–water partition coefficient (Wildman–Crippen LogP) is 4.32. The largest absolute Gasteiger partial charge is 0.485 e. The van der Waals surface area contributed by atoms with Gasteiger partial charge in [0.15, 0.2) is 0 Å². The van der Waals surface area contributed by atoms with Crippen LogP contribution in [0.25, 0.3) is 0 Å². The van der Waals surface area contributed by atoms with Crippen LogP contribution in [0.5, 0.6) is 5.75 Å². The lowest BCUT2D eigenvalue weighted by atomic mass is 9.94. The van der Waals surface area contributed by atoms with Crippen molar-refractivity contribution in [3.05, 3.63) is 65.0 Å². The first-order valence-corrected chi connectivity index (χ1v) is 6.57. The first-order chi connectivity index (χ1) is 10.0. The normalized spacial score (nSPS) is 21.0. The summed E-state index contributed by atoms with van der Waals surface area (Å²) in [6.45, 7) is 0. The molecule has 0 radical (unpaired) electrons. The van der Waals surface area contributed by atoms with Crippen LogP contribution in [0.3, 0.4) is 0 Å². The van der Waals surface area contributed by atoms with Gasteiger partial charge < -0.3 is 9.84 Å². The van der Waals surface area contributed by atoms with E-state index in [2.05, 4.69) is 0 Å². The Kier molecular flexibility index (Phi) is 3.59. The van der Waals surface area contributed by atoms with Crippen LogP contribution in [0.2, 0.25) is 0 Å². The zero-order valence-electron chi connectivity index (χ0n) is 11.0. The molecule has 2 aromatic rings. The molecule has 0 spiro atoms. The van der Waals surface area contributed by atoms with Gasteiger partial charge in [-0.2, -0.15) is 0 Å². The zero-order chi connectivity index (χ0) is 15.0. The van der Waals surface area contributed by atoms with Gasteiger partial charge in [-0.25, -0.2) is 13.2 Å². The molecule has 1 aliphatic rings. The highest BCUT2D eigenvalue weighted by molar-refractivity contribution is 5.39. The molecule has 0 aromatic heterocycles. The Balaban J connectivity index is 1.88. The van der Waals surface area contributed by atoms with E-state index in [-0.39, 0.29) is 11.3 Å². The molecule has 2 atom stereocenters. The average Bonchev–Trinajstić information content (AvgIpc) is 2.46. The lowest BCUT2D eigenvalue weighted by Gasteiger charge is -2.30. The molecule has 1 heterocycles. The Morgan fingerprint density at radius 1 is 1.10 bits per heavy atom. The maximum Gasteiger partial charge on any atom is 0.263 e. The second-order valence-corrected chi connectivity index (χ2v) is 5.01. The minimum Gasteiger partial charge on any atom is -0.485 e. The zero-order valence-corrected chi connectivity index (χ0v) is 11.0. The van der Waals surface area contributed by atoms with E-state index in [4.69, 9.17) is 4.74 Å². The summed E-state index contributed by atoms with van der Waals surface area (Å²) < 4.78 is 44.0. The summed E-state index contributed by atoms with van der Waals surface area (Å²) in [5.74, 6) is -0.161. The van der Waals surface area contributed by atoms with Gasteiger partial charge in [0.25, 0.3) is 6.43 Å². The Hall–Kier alpha value is -2.01. The third kappa shape index (κ3) is 2.74. The number of hydrogen-bond acceptors (Lipinski definition) is 2. The second-order valence-electron chi connectivity index (χ2n) is 5.01. The van der Waals surface area contributed by atoms with Crippen LogP contribution in [-0.2, 0) is 0 Å². The fourth-order valence-electron chi connectivity index (χ4n) is 2.48. The molecule has 5 heteroatoms. The van der Waals surface area contributed by atoms with E-state index in [0.29, 0.717) is 17.5 Å². The van der Waals surface area contributed by atoms with Crippen molar-refractivity contribution in [2.45, 2.75) is 25.1 Å². The van der Waals surface area contributed by atoms with E-state index < -0.39 is 24.5 Å². The fraction of sp³-hybridized carbons (Fsp3) is 0.250. The summed E-state index contributed by atoms with van der Waals surface area (Å²) in [6, 6.07) is 9.73. The van der Waals surface area contributed by atoms with Crippen molar-refractivity contribution in [1.82, 2.24) is 0 Å². The van der Waals surface area contributed by atoms with Gasteiger partial charge >= 0.3 is 0 Å². The number of alkyl halides is 2. The number of aliphatic hydroxyl groups is 1. The van der Waals surface area contributed by atoms with E-state index in [0.717, 1.165) is 0 Å². The Labute approximate surface area is 119 Å². The van der Waals surface area contributed by atoms with E-state index in [9.17, 15) is 18.3 Å². The number of hydrogen-bond donors (Lipinski definition) is 1. The molecule has 3 rings (SSSR count). The number of fused-ring (bicyclic) bond motifs is 1. The van der Waals surface area contributed by atoms with Crippen molar-refractivity contribution in [3.8, 4) is 5.75 Å². The lowest BCUT2D eigenvalue weighted by Crippen LogP contribution is -2.19. The molecule has 0 saturated carbocycles. The number of halogens is 3. The standard InChI is InChI=1S/C16H13F3O2/c17-11-5-6-12-13(20)8-14(21-15(12)7-11)9-1-3-10(4-2-9)16(18)19/h1-7,13-14,16,20H,8H2. The van der Waals surface area contributed by atoms with Crippen LogP contribution in [0.1, 0.15) is 41.7 Å². The van der Waals surface area contributed by atoms with Crippen molar-refractivity contribution in [2.75, 3.05) is 0 Å². The van der Waals surface area contributed by atoms with Gasteiger partial charge in [-0.15, -0.1) is 0 Å². The number of benzene rings is 2. The molecule has 0 fully saturated rings. The fourth-order valence-corrected chi connectivity index (χ4v) is 2.48. The van der Waals surface area contributed by atoms with Gasteiger partial charge in [-0.3, -0.25) is 0 Å². The smallest absolute Gasteiger partial charge is 0.263 e. The van der Waals surface area contributed by atoms with Crippen molar-refractivity contribution in [3.63, 3.8) is 0 Å². The highest BCUT2D eigenvalue weighted by atomic mass is 19.3. The highest BCUT2D eigenvalue weighted by Gasteiger charge is 2.28. The van der Waals surface area contributed by atoms with E-state index in [1.807, 2.05) is 0 Å². The molecular weight excluding hydrogens is 281 g/mol. The minimum absolute atomic E-state index is 0.0680. The van der Waals surface area contributed by atoms with Crippen molar-refractivity contribution >= 4 is 0 Å². The maximum atomic E-state index is 13.2. The van der Waals surface area contributed by atoms with Gasteiger partial charge in [0.1, 0.15) is 17.7 Å². The molecular formula is C16H13F3O2. The third-order valence-corrected chi connectivity index (χ3v) is 3.60. The van der Waals surface area contributed by atoms with Gasteiger partial charge in [-0.1, -0.05) is 24.3 Å². The molecule has 110 valence electrons. The van der Waals surface area contributed by atoms with Crippen LogP contribution >= 0.6 is 0 Å². The molecule has 0 amide bonds. The molecule has 2 unspecified atom stereocenters. The molecule has 0 bridgehead atoms. The summed E-state index contributed by atoms with van der Waals surface area (Å²) >= 11 is 0. The number of aliphatic hydroxyl groups excluding tert-OH is 1. The van der Waals surface area contributed by atoms with Crippen LogP contribution in [0, 0.1) is 5.82 Å². The summed E-state index contributed by atoms with van der Waals surface area (Å²) in [5, 5.41) is 10.1. The van der Waals surface area contributed by atoms with Crippen molar-refractivity contribution < 1.29 is 23.0 Å². The molecule has 2 nitrogen and oxygen atoms in total. The first kappa shape index (κ1) is 13.9. The monoisotopic (exact) mass is 294 g/mol. The maximum absolute atomic E-state index is 13.2. The van der Waals surface area contributed by atoms with Gasteiger partial charge in [0.05, 0.1) is 6.10 Å². The number of rotatable bonds is 2. The van der Waals surface area contributed by atoms with Crippen LogP contribution in [0.15, 0.2) is 42.5 Å². The Morgan fingerprint density at radius 2 is 1.81 bits per heavy atom. The molecule has 0 saturated heterocycles. The molecule has 0 aliphatic carbocycles. The number of ether oxygens (including phenoxy) is 1. The first-order valence-electron chi connectivity index (χ1n) is 6.57. The second kappa shape index (κ2) is 5.41. The average molecular weight is 294 g/mol. The van der Waals surface area contributed by atoms with E-state index >= 15 is 0 Å². The van der Waals surface area contributed by atoms with E-state index in [1.165, 1.54) is 30.3 Å². The van der Waals surface area contributed by atoms with Crippen LogP contribution in [-0.4, -0.2) is 5.11 Å². The molecule has 1 aliphatic heterocycles. The quantitative estimate of drug-likeness (QED) is 0.893. The summed E-state index contributed by atoms with van der Waals surface area (Å²) in [5.41, 5.74) is 1.15. The van der Waals surface area contributed by atoms with Gasteiger partial charge in [-0.05, 0) is 17.7 Å². The summed E-state index contributed by atoms with van der Waals surface area (Å²) in [7, 11) is 0. The Morgan fingerprint density at radius 3 is 2.48 bits per heavy atom. The minimum atomic E-state index is -2.52. The van der Waals surface area contributed by atoms with Crippen LogP contribution < -0.4 is 4.74 Å². The van der Waals surface area contributed by atoms with Crippen molar-refractivity contribution in [2.24, 2.45) is 0 Å². The Bertz CT molecular complexity index is 640. The molecule has 21 heavy (non-hydrogen) atoms. The third-order valence-electron chi connectivity index (χ3n) is 3.60. The predicted molar refractivity (Wildman–Crippen MR) is 70.7 cm³/mol. The topological polar surface area (TPSA) is 29.5 Å². The van der Waals surface area contributed by atoms with Crippen LogP contribution in [0.4, 0.5) is 13.2 Å². The molecule has 1 N–H and O–H groups in total. The van der Waals surface area contributed by atoms with Gasteiger partial charge in [0, 0.05) is 23.6 Å². The summed E-state index contributed by atoms with van der Waals surface area (Å²) in [6.07, 6.45) is -3.48. The van der Waals surface area contributed by atoms with Crippen molar-refractivity contribution in [1.29, 1.82) is 0 Å². The SMILES string of the molecule is OC1CC(c2ccc(C(F)F)cc2)Oc2cc(F)ccc21.